The fourth-order valence-corrected chi connectivity index (χ4v) is 10.9. The molecular weight excluding hydrogens is 844 g/mol. The molecule has 0 saturated carbocycles. The van der Waals surface area contributed by atoms with Crippen molar-refractivity contribution in [2.45, 2.75) is 50.6 Å². The largest absolute Gasteiger partial charge is 0.363 e. The van der Waals surface area contributed by atoms with Crippen molar-refractivity contribution in [1.82, 2.24) is 24.4 Å². The molecular formula is C48H48Cl2N5O6P. The number of hydrogen-bond acceptors (Lipinski definition) is 7. The minimum Gasteiger partial charge on any atom is -0.350 e. The molecule has 5 aromatic carbocycles. The number of H-pyrrole nitrogens is 1. The number of aromatic nitrogens is 2. The molecule has 2 aliphatic heterocycles. The van der Waals surface area contributed by atoms with Crippen LogP contribution in [0.1, 0.15) is 57.2 Å². The smallest absolute Gasteiger partial charge is 0.350 e. The van der Waals surface area contributed by atoms with Crippen LogP contribution in [0.5, 0.6) is 0 Å². The Balaban J connectivity index is 1.02. The molecule has 1 aromatic heterocycles. The van der Waals surface area contributed by atoms with E-state index in [2.05, 4.69) is 51.6 Å². The number of hydrogen-bond donors (Lipinski definition) is 2. The number of carbonyl (C=O) groups is 1. The van der Waals surface area contributed by atoms with Gasteiger partial charge in [0.2, 0.25) is 0 Å². The van der Waals surface area contributed by atoms with Gasteiger partial charge in [0.15, 0.2) is 6.23 Å². The highest BCUT2D eigenvalue weighted by atomic mass is 35.7. The average molecular weight is 893 g/mol. The van der Waals surface area contributed by atoms with E-state index in [4.69, 9.17) is 32.1 Å². The van der Waals surface area contributed by atoms with Gasteiger partial charge < -0.3 is 14.6 Å². The summed E-state index contributed by atoms with van der Waals surface area (Å²) in [5.41, 5.74) is 4.74. The van der Waals surface area contributed by atoms with Crippen molar-refractivity contribution >= 4 is 35.6 Å². The summed E-state index contributed by atoms with van der Waals surface area (Å²) in [6, 6.07) is 43.5. The molecule has 8 rings (SSSR count). The zero-order valence-corrected chi connectivity index (χ0v) is 36.9. The van der Waals surface area contributed by atoms with Gasteiger partial charge in [0.25, 0.3) is 11.5 Å². The molecule has 2 aliphatic rings. The molecule has 0 spiro atoms. The Labute approximate surface area is 370 Å². The summed E-state index contributed by atoms with van der Waals surface area (Å²) in [6.07, 6.45) is 0.932. The third-order valence-corrected chi connectivity index (χ3v) is 14.4. The second-order valence-corrected chi connectivity index (χ2v) is 19.4. The Morgan fingerprint density at radius 2 is 1.44 bits per heavy atom. The van der Waals surface area contributed by atoms with Gasteiger partial charge in [0.1, 0.15) is 0 Å². The lowest BCUT2D eigenvalue weighted by molar-refractivity contribution is -0.148. The number of benzene rings is 5. The van der Waals surface area contributed by atoms with Crippen LogP contribution < -0.4 is 16.6 Å². The number of aromatic amines is 1. The van der Waals surface area contributed by atoms with E-state index in [9.17, 15) is 18.9 Å². The molecule has 0 bridgehead atoms. The van der Waals surface area contributed by atoms with Crippen molar-refractivity contribution in [2.75, 3.05) is 32.8 Å². The molecule has 14 heteroatoms. The van der Waals surface area contributed by atoms with Gasteiger partial charge in [-0.3, -0.25) is 28.6 Å². The average Bonchev–Trinajstić information content (AvgIpc) is 3.28. The van der Waals surface area contributed by atoms with E-state index in [0.29, 0.717) is 48.6 Å². The number of morpholine rings is 1. The van der Waals surface area contributed by atoms with Crippen molar-refractivity contribution in [2.24, 2.45) is 0 Å². The molecule has 11 nitrogen and oxygen atoms in total. The number of ether oxygens (including phenoxy) is 1. The van der Waals surface area contributed by atoms with E-state index in [1.54, 1.807) is 17.7 Å². The normalized spacial score (nSPS) is 18.8. The highest BCUT2D eigenvalue weighted by Crippen LogP contribution is 2.57. The second-order valence-electron chi connectivity index (χ2n) is 16.0. The van der Waals surface area contributed by atoms with E-state index in [1.165, 1.54) is 10.8 Å². The third kappa shape index (κ3) is 9.31. The predicted molar refractivity (Wildman–Crippen MR) is 244 cm³/mol. The third-order valence-electron chi connectivity index (χ3n) is 11.7. The van der Waals surface area contributed by atoms with Crippen molar-refractivity contribution in [3.8, 4) is 11.1 Å². The van der Waals surface area contributed by atoms with Crippen LogP contribution in [0.15, 0.2) is 149 Å². The molecule has 3 heterocycles. The van der Waals surface area contributed by atoms with Crippen LogP contribution in [0.3, 0.4) is 0 Å². The maximum Gasteiger partial charge on any atom is 0.363 e. The van der Waals surface area contributed by atoms with E-state index in [1.807, 2.05) is 97.9 Å². The SMILES string of the molecule is Cc1cc(Cl)cc(-c2cccc(C(=O)NC3CCN(P(=O)(Cl)OCC4CN(C(c5ccccc5)(c5ccccc5)c5ccccc5)CC(n5cc(C)c(=O)[nH]c5=O)O4)CC3)c2)c1. The maximum atomic E-state index is 14.2. The number of piperidine rings is 1. The molecule has 0 aliphatic carbocycles. The molecule has 2 fully saturated rings. The van der Waals surface area contributed by atoms with Gasteiger partial charge in [-0.05, 0) is 95.6 Å². The summed E-state index contributed by atoms with van der Waals surface area (Å²) in [5.74, 6) is -0.197. The Morgan fingerprint density at radius 3 is 2.03 bits per heavy atom. The molecule has 1 amide bonds. The van der Waals surface area contributed by atoms with Gasteiger partial charge in [-0.2, -0.15) is 0 Å². The van der Waals surface area contributed by atoms with Crippen LogP contribution >= 0.6 is 29.7 Å². The number of rotatable bonds is 12. The van der Waals surface area contributed by atoms with Crippen LogP contribution in [0, 0.1) is 13.8 Å². The monoisotopic (exact) mass is 891 g/mol. The minimum atomic E-state index is -3.88. The van der Waals surface area contributed by atoms with Crippen molar-refractivity contribution in [1.29, 1.82) is 0 Å². The van der Waals surface area contributed by atoms with Gasteiger partial charge in [0, 0.05) is 54.6 Å². The highest BCUT2D eigenvalue weighted by molar-refractivity contribution is 7.83. The summed E-state index contributed by atoms with van der Waals surface area (Å²) in [5, 5.41) is 3.78. The zero-order valence-electron chi connectivity index (χ0n) is 34.5. The first-order chi connectivity index (χ1) is 29.9. The standard InChI is InChI=1S/C48H48Cl2N5O6P/c1-33-25-37(28-41(49)26-33)35-13-12-14-36(27-35)46(57)51-42-21-23-54(24-22-42)62(50,59)60-32-43-30-53(31-44(61-43)55-29-34(2)45(56)52-47(55)58)48(38-15-6-3-7-16-38,39-17-8-4-9-18-39)40-19-10-5-11-20-40/h3-20,25-29,42-44H,21-24,30-32H2,1-2H3,(H,51,57)(H,52,56,58). The van der Waals surface area contributed by atoms with Crippen molar-refractivity contribution in [3.63, 3.8) is 0 Å². The topological polar surface area (TPSA) is 126 Å². The molecule has 3 unspecified atom stereocenters. The maximum absolute atomic E-state index is 14.2. The lowest BCUT2D eigenvalue weighted by atomic mass is 9.75. The number of nitrogens with one attached hydrogen (secondary N) is 2. The number of aryl methyl sites for hydroxylation is 2. The molecule has 6 aromatic rings. The predicted octanol–water partition coefficient (Wildman–Crippen LogP) is 8.92. The van der Waals surface area contributed by atoms with Crippen LogP contribution in [0.2, 0.25) is 5.02 Å². The van der Waals surface area contributed by atoms with Gasteiger partial charge in [-0.15, -0.1) is 0 Å². The fraction of sp³-hybridized carbons (Fsp3) is 0.271. The first kappa shape index (κ1) is 43.5. The van der Waals surface area contributed by atoms with Crippen LogP contribution in [-0.4, -0.2) is 70.0 Å². The molecule has 0 radical (unpaired) electrons. The Kier molecular flexibility index (Phi) is 13.1. The summed E-state index contributed by atoms with van der Waals surface area (Å²) in [7, 11) is 0. The van der Waals surface area contributed by atoms with E-state index < -0.39 is 36.0 Å². The van der Waals surface area contributed by atoms with Crippen LogP contribution in [-0.2, 0) is 19.4 Å². The number of nitrogens with zero attached hydrogens (tertiary/aromatic N) is 3. The van der Waals surface area contributed by atoms with Crippen molar-refractivity contribution < 1.29 is 18.6 Å². The zero-order chi connectivity index (χ0) is 43.4. The summed E-state index contributed by atoms with van der Waals surface area (Å²) in [4.78, 5) is 44.0. The highest BCUT2D eigenvalue weighted by Gasteiger charge is 2.47. The van der Waals surface area contributed by atoms with E-state index in [0.717, 1.165) is 33.4 Å². The Hall–Kier alpha value is -5.10. The summed E-state index contributed by atoms with van der Waals surface area (Å²) in [6.45, 7) is 0.780. The second kappa shape index (κ2) is 18.7. The molecule has 3 atom stereocenters. The molecule has 62 heavy (non-hydrogen) atoms. The fourth-order valence-electron chi connectivity index (χ4n) is 8.74. The number of halogens is 2. The number of carbonyl (C=O) groups excluding carboxylic acids is 1. The summed E-state index contributed by atoms with van der Waals surface area (Å²) < 4.78 is 30.0. The quantitative estimate of drug-likeness (QED) is 0.0923. The van der Waals surface area contributed by atoms with Crippen LogP contribution in [0.4, 0.5) is 0 Å². The Morgan fingerprint density at radius 1 is 0.823 bits per heavy atom. The minimum absolute atomic E-state index is 0.154. The lowest BCUT2D eigenvalue weighted by Crippen LogP contribution is -2.58. The van der Waals surface area contributed by atoms with Crippen LogP contribution in [0.25, 0.3) is 11.1 Å². The van der Waals surface area contributed by atoms with E-state index >= 15 is 0 Å². The Bertz CT molecular complexity index is 2580. The van der Waals surface area contributed by atoms with Gasteiger partial charge >= 0.3 is 12.6 Å². The molecule has 2 saturated heterocycles. The first-order valence-corrected chi connectivity index (χ1v) is 23.5. The van der Waals surface area contributed by atoms with Gasteiger partial charge in [-0.1, -0.05) is 121 Å². The number of amides is 1. The van der Waals surface area contributed by atoms with Gasteiger partial charge in [-0.25, -0.2) is 9.46 Å². The lowest BCUT2D eigenvalue weighted by Gasteiger charge is -2.50. The molecule has 2 N–H and O–H groups in total. The molecule has 320 valence electrons. The summed E-state index contributed by atoms with van der Waals surface area (Å²) >= 11 is 13.1. The van der Waals surface area contributed by atoms with E-state index in [-0.39, 0.29) is 25.1 Å². The first-order valence-electron chi connectivity index (χ1n) is 20.7. The van der Waals surface area contributed by atoms with Gasteiger partial charge in [0.05, 0.1) is 18.2 Å². The van der Waals surface area contributed by atoms with Crippen molar-refractivity contribution in [3.05, 3.63) is 199 Å².